The lowest BCUT2D eigenvalue weighted by molar-refractivity contribution is -0.146. The Morgan fingerprint density at radius 3 is 2.25 bits per heavy atom. The van der Waals surface area contributed by atoms with E-state index < -0.39 is 0 Å². The van der Waals surface area contributed by atoms with E-state index in [4.69, 9.17) is 4.74 Å². The number of hydrogen-bond donors (Lipinski definition) is 1. The van der Waals surface area contributed by atoms with Gasteiger partial charge in [-0.3, -0.25) is 4.79 Å². The van der Waals surface area contributed by atoms with Crippen LogP contribution in [-0.2, 0) is 9.53 Å². The predicted octanol–water partition coefficient (Wildman–Crippen LogP) is 2.91. The van der Waals surface area contributed by atoms with Crippen molar-refractivity contribution in [3.63, 3.8) is 0 Å². The normalized spacial score (nSPS) is 37.8. The first-order chi connectivity index (χ1) is 9.61. The lowest BCUT2D eigenvalue weighted by atomic mass is 9.55. The smallest absolute Gasteiger partial charge is 0.246 e. The number of hydrogen-bond acceptors (Lipinski definition) is 2. The molecule has 4 fully saturated rings. The van der Waals surface area contributed by atoms with Crippen molar-refractivity contribution in [3.8, 4) is 0 Å². The average molecular weight is 277 g/mol. The van der Waals surface area contributed by atoms with Gasteiger partial charge in [-0.2, -0.15) is 0 Å². The molecule has 1 N–H and O–H groups in total. The summed E-state index contributed by atoms with van der Waals surface area (Å²) in [5, 5.41) is 2.90. The third kappa shape index (κ3) is 3.08. The Hall–Kier alpha value is -0.830. The SMILES string of the molecule is CC(C)=CCNC(=O)COC1C2CC3CC(C2)CC1C3. The zero-order chi connectivity index (χ0) is 14.1. The lowest BCUT2D eigenvalue weighted by Crippen LogP contribution is -2.50. The molecule has 4 rings (SSSR count). The molecule has 4 bridgehead atoms. The molecule has 0 aliphatic heterocycles. The topological polar surface area (TPSA) is 38.3 Å². The van der Waals surface area contributed by atoms with Crippen LogP contribution in [0, 0.1) is 23.7 Å². The van der Waals surface area contributed by atoms with E-state index in [2.05, 4.69) is 5.32 Å². The minimum atomic E-state index is 0.0244. The van der Waals surface area contributed by atoms with Gasteiger partial charge in [0.15, 0.2) is 0 Å². The molecule has 0 aromatic carbocycles. The van der Waals surface area contributed by atoms with E-state index in [1.54, 1.807) is 0 Å². The quantitative estimate of drug-likeness (QED) is 0.785. The minimum Gasteiger partial charge on any atom is -0.368 e. The van der Waals surface area contributed by atoms with Crippen molar-refractivity contribution >= 4 is 5.91 Å². The summed E-state index contributed by atoms with van der Waals surface area (Å²) in [5.41, 5.74) is 1.23. The molecule has 0 aromatic rings. The number of amides is 1. The number of carbonyl (C=O) groups is 1. The van der Waals surface area contributed by atoms with Crippen molar-refractivity contribution in [3.05, 3.63) is 11.6 Å². The first-order valence-corrected chi connectivity index (χ1v) is 8.13. The van der Waals surface area contributed by atoms with Crippen molar-refractivity contribution in [1.29, 1.82) is 0 Å². The van der Waals surface area contributed by atoms with Gasteiger partial charge in [0.2, 0.25) is 5.91 Å². The van der Waals surface area contributed by atoms with Crippen LogP contribution >= 0.6 is 0 Å². The van der Waals surface area contributed by atoms with E-state index in [9.17, 15) is 4.79 Å². The van der Waals surface area contributed by atoms with Gasteiger partial charge in [0, 0.05) is 6.54 Å². The van der Waals surface area contributed by atoms with E-state index in [1.165, 1.54) is 37.7 Å². The van der Waals surface area contributed by atoms with Crippen LogP contribution in [0.15, 0.2) is 11.6 Å². The molecular weight excluding hydrogens is 250 g/mol. The molecule has 3 heteroatoms. The van der Waals surface area contributed by atoms with Gasteiger partial charge in [0.25, 0.3) is 0 Å². The van der Waals surface area contributed by atoms with E-state index >= 15 is 0 Å². The van der Waals surface area contributed by atoms with E-state index in [1.807, 2.05) is 19.9 Å². The van der Waals surface area contributed by atoms with E-state index in [0.29, 0.717) is 12.6 Å². The van der Waals surface area contributed by atoms with Gasteiger partial charge in [-0.15, -0.1) is 0 Å². The maximum atomic E-state index is 11.8. The largest absolute Gasteiger partial charge is 0.368 e. The first-order valence-electron chi connectivity index (χ1n) is 8.13. The molecule has 4 aliphatic carbocycles. The van der Waals surface area contributed by atoms with Gasteiger partial charge >= 0.3 is 0 Å². The molecule has 4 aliphatic rings. The Kier molecular flexibility index (Phi) is 4.16. The van der Waals surface area contributed by atoms with Crippen LogP contribution in [-0.4, -0.2) is 25.2 Å². The van der Waals surface area contributed by atoms with Crippen LogP contribution in [0.4, 0.5) is 0 Å². The average Bonchev–Trinajstić information content (AvgIpc) is 2.36. The van der Waals surface area contributed by atoms with Crippen LogP contribution in [0.25, 0.3) is 0 Å². The fraction of sp³-hybridized carbons (Fsp3) is 0.824. The number of rotatable bonds is 5. The molecule has 0 atom stereocenters. The Labute approximate surface area is 122 Å². The van der Waals surface area contributed by atoms with Gasteiger partial charge in [-0.1, -0.05) is 11.6 Å². The first kappa shape index (κ1) is 14.1. The minimum absolute atomic E-state index is 0.0244. The molecule has 3 nitrogen and oxygen atoms in total. The second-order valence-corrected chi connectivity index (χ2v) is 7.29. The van der Waals surface area contributed by atoms with E-state index in [0.717, 1.165) is 23.7 Å². The Morgan fingerprint density at radius 1 is 1.10 bits per heavy atom. The maximum absolute atomic E-state index is 11.8. The fourth-order valence-electron chi connectivity index (χ4n) is 4.74. The molecule has 20 heavy (non-hydrogen) atoms. The van der Waals surface area contributed by atoms with Crippen LogP contribution in [0.2, 0.25) is 0 Å². The summed E-state index contributed by atoms with van der Waals surface area (Å²) < 4.78 is 6.01. The summed E-state index contributed by atoms with van der Waals surface area (Å²) in [6.07, 6.45) is 9.23. The summed E-state index contributed by atoms with van der Waals surface area (Å²) in [6.45, 7) is 4.93. The van der Waals surface area contributed by atoms with Crippen molar-refractivity contribution < 1.29 is 9.53 Å². The van der Waals surface area contributed by atoms with Crippen molar-refractivity contribution in [2.45, 2.75) is 52.1 Å². The second kappa shape index (κ2) is 5.88. The van der Waals surface area contributed by atoms with Crippen molar-refractivity contribution in [2.24, 2.45) is 23.7 Å². The summed E-state index contributed by atoms with van der Waals surface area (Å²) >= 11 is 0. The number of carbonyl (C=O) groups excluding carboxylic acids is 1. The zero-order valence-corrected chi connectivity index (χ0v) is 12.7. The predicted molar refractivity (Wildman–Crippen MR) is 79.2 cm³/mol. The summed E-state index contributed by atoms with van der Waals surface area (Å²) in [6, 6.07) is 0. The monoisotopic (exact) mass is 277 g/mol. The van der Waals surface area contributed by atoms with Gasteiger partial charge in [0.1, 0.15) is 6.61 Å². The molecule has 0 heterocycles. The molecule has 1 amide bonds. The highest BCUT2D eigenvalue weighted by Crippen LogP contribution is 2.54. The standard InChI is InChI=1S/C17H27NO2/c1-11(2)3-4-18-16(19)10-20-17-14-6-12-5-13(8-14)9-15(17)7-12/h3,12-15,17H,4-10H2,1-2H3,(H,18,19). The van der Waals surface area contributed by atoms with Crippen molar-refractivity contribution in [1.82, 2.24) is 5.32 Å². The highest BCUT2D eigenvalue weighted by atomic mass is 16.5. The molecule has 0 radical (unpaired) electrons. The van der Waals surface area contributed by atoms with Gasteiger partial charge < -0.3 is 10.1 Å². The highest BCUT2D eigenvalue weighted by molar-refractivity contribution is 5.77. The van der Waals surface area contributed by atoms with Gasteiger partial charge in [-0.25, -0.2) is 0 Å². The molecule has 0 saturated heterocycles. The number of ether oxygens (including phenoxy) is 1. The fourth-order valence-corrected chi connectivity index (χ4v) is 4.74. The summed E-state index contributed by atoms with van der Waals surface area (Å²) in [4.78, 5) is 11.8. The molecular formula is C17H27NO2. The highest BCUT2D eigenvalue weighted by Gasteiger charge is 2.48. The summed E-state index contributed by atoms with van der Waals surface area (Å²) in [5.74, 6) is 3.41. The molecule has 0 unspecified atom stereocenters. The van der Waals surface area contributed by atoms with Crippen LogP contribution < -0.4 is 5.32 Å². The molecule has 0 aromatic heterocycles. The van der Waals surface area contributed by atoms with Crippen LogP contribution in [0.5, 0.6) is 0 Å². The van der Waals surface area contributed by atoms with Gasteiger partial charge in [0.05, 0.1) is 6.10 Å². The summed E-state index contributed by atoms with van der Waals surface area (Å²) in [7, 11) is 0. The zero-order valence-electron chi connectivity index (χ0n) is 12.7. The maximum Gasteiger partial charge on any atom is 0.246 e. The number of nitrogens with one attached hydrogen (secondary N) is 1. The third-order valence-electron chi connectivity index (χ3n) is 5.36. The number of allylic oxidation sites excluding steroid dienone is 1. The van der Waals surface area contributed by atoms with Gasteiger partial charge in [-0.05, 0) is 69.6 Å². The Morgan fingerprint density at radius 2 is 1.70 bits per heavy atom. The molecule has 112 valence electrons. The molecule has 0 spiro atoms. The van der Waals surface area contributed by atoms with Crippen LogP contribution in [0.1, 0.15) is 46.0 Å². The third-order valence-corrected chi connectivity index (χ3v) is 5.36. The van der Waals surface area contributed by atoms with E-state index in [-0.39, 0.29) is 12.5 Å². The van der Waals surface area contributed by atoms with Crippen molar-refractivity contribution in [2.75, 3.05) is 13.2 Å². The second-order valence-electron chi connectivity index (χ2n) is 7.29. The lowest BCUT2D eigenvalue weighted by Gasteiger charge is -2.53. The molecule has 4 saturated carbocycles. The van der Waals surface area contributed by atoms with Crippen LogP contribution in [0.3, 0.4) is 0 Å². The Bertz CT molecular complexity index is 370. The Balaban J connectivity index is 1.44.